The second kappa shape index (κ2) is 6.72. The van der Waals surface area contributed by atoms with E-state index in [9.17, 15) is 4.79 Å². The average Bonchev–Trinajstić information content (AvgIpc) is 2.99. The molecule has 1 N–H and O–H groups in total. The number of benzene rings is 1. The number of thiophene rings is 1. The fourth-order valence-electron chi connectivity index (χ4n) is 1.52. The number of nitrogens with zero attached hydrogens (tertiary/aromatic N) is 1. The molecule has 1 aromatic carbocycles. The minimum atomic E-state index is -0.325. The highest BCUT2D eigenvalue weighted by molar-refractivity contribution is 7.08. The fourth-order valence-corrected chi connectivity index (χ4v) is 2.13. The first-order chi connectivity index (χ1) is 9.72. The molecule has 2 aromatic rings. The lowest BCUT2D eigenvalue weighted by Gasteiger charge is -2.07. The van der Waals surface area contributed by atoms with Gasteiger partial charge in [-0.05, 0) is 29.0 Å². The van der Waals surface area contributed by atoms with Gasteiger partial charge >= 0.3 is 0 Å². The van der Waals surface area contributed by atoms with Gasteiger partial charge in [0.2, 0.25) is 0 Å². The maximum Gasteiger partial charge on any atom is 0.271 e. The van der Waals surface area contributed by atoms with Crippen molar-refractivity contribution < 1.29 is 14.3 Å². The standard InChI is InChI=1S/C14H14N2O3S/c1-18-12-5-11(6-13(7-12)19-2)14(17)16-15-8-10-3-4-20-9-10/h3-9H,1-2H3,(H,16,17)/b15-8+. The van der Waals surface area contributed by atoms with Gasteiger partial charge in [0.15, 0.2) is 0 Å². The van der Waals surface area contributed by atoms with Crippen LogP contribution < -0.4 is 14.9 Å². The van der Waals surface area contributed by atoms with Crippen molar-refractivity contribution in [2.75, 3.05) is 14.2 Å². The van der Waals surface area contributed by atoms with Crippen molar-refractivity contribution in [3.05, 3.63) is 46.2 Å². The van der Waals surface area contributed by atoms with Gasteiger partial charge in [-0.25, -0.2) is 5.43 Å². The van der Waals surface area contributed by atoms with E-state index >= 15 is 0 Å². The first-order valence-electron chi connectivity index (χ1n) is 5.81. The molecule has 1 aromatic heterocycles. The molecule has 104 valence electrons. The molecule has 1 amide bonds. The first-order valence-corrected chi connectivity index (χ1v) is 6.76. The highest BCUT2D eigenvalue weighted by Gasteiger charge is 2.08. The molecule has 0 bridgehead atoms. The number of nitrogens with one attached hydrogen (secondary N) is 1. The molecule has 0 aliphatic heterocycles. The topological polar surface area (TPSA) is 59.9 Å². The number of amides is 1. The number of rotatable bonds is 5. The van der Waals surface area contributed by atoms with E-state index in [1.54, 1.807) is 35.8 Å². The smallest absolute Gasteiger partial charge is 0.271 e. The summed E-state index contributed by atoms with van der Waals surface area (Å²) in [7, 11) is 3.07. The van der Waals surface area contributed by atoms with E-state index in [-0.39, 0.29) is 5.91 Å². The third-order valence-electron chi connectivity index (χ3n) is 2.54. The summed E-state index contributed by atoms with van der Waals surface area (Å²) in [5.41, 5.74) is 3.83. The molecule has 1 heterocycles. The van der Waals surface area contributed by atoms with E-state index in [2.05, 4.69) is 10.5 Å². The van der Waals surface area contributed by atoms with Crippen LogP contribution in [-0.4, -0.2) is 26.3 Å². The zero-order chi connectivity index (χ0) is 14.4. The molecular formula is C14H14N2O3S. The molecule has 0 aliphatic carbocycles. The van der Waals surface area contributed by atoms with Crippen LogP contribution in [0.25, 0.3) is 0 Å². The molecule has 0 atom stereocenters. The summed E-state index contributed by atoms with van der Waals surface area (Å²) in [6.07, 6.45) is 1.59. The van der Waals surface area contributed by atoms with Gasteiger partial charge in [0, 0.05) is 17.2 Å². The van der Waals surface area contributed by atoms with Crippen LogP contribution in [0.3, 0.4) is 0 Å². The number of carbonyl (C=O) groups excluding carboxylic acids is 1. The third-order valence-corrected chi connectivity index (χ3v) is 3.24. The van der Waals surface area contributed by atoms with Gasteiger partial charge in [-0.15, -0.1) is 0 Å². The molecule has 0 unspecified atom stereocenters. The van der Waals surface area contributed by atoms with Gasteiger partial charge in [0.1, 0.15) is 11.5 Å². The van der Waals surface area contributed by atoms with E-state index in [1.165, 1.54) is 14.2 Å². The summed E-state index contributed by atoms with van der Waals surface area (Å²) in [6, 6.07) is 6.86. The zero-order valence-electron chi connectivity index (χ0n) is 11.1. The summed E-state index contributed by atoms with van der Waals surface area (Å²) in [5, 5.41) is 7.78. The van der Waals surface area contributed by atoms with Crippen molar-refractivity contribution in [2.24, 2.45) is 5.10 Å². The van der Waals surface area contributed by atoms with E-state index in [1.807, 2.05) is 16.8 Å². The highest BCUT2D eigenvalue weighted by Crippen LogP contribution is 2.22. The molecule has 20 heavy (non-hydrogen) atoms. The third kappa shape index (κ3) is 3.58. The number of ether oxygens (including phenoxy) is 2. The van der Waals surface area contributed by atoms with Gasteiger partial charge in [-0.2, -0.15) is 16.4 Å². The Labute approximate surface area is 120 Å². The van der Waals surface area contributed by atoms with Crippen LogP contribution in [0.4, 0.5) is 0 Å². The van der Waals surface area contributed by atoms with Crippen LogP contribution >= 0.6 is 11.3 Å². The number of methoxy groups -OCH3 is 2. The van der Waals surface area contributed by atoms with Crippen molar-refractivity contribution in [1.29, 1.82) is 0 Å². The first kappa shape index (κ1) is 14.1. The van der Waals surface area contributed by atoms with Crippen molar-refractivity contribution in [2.45, 2.75) is 0 Å². The predicted octanol–water partition coefficient (Wildman–Crippen LogP) is 2.53. The van der Waals surface area contributed by atoms with Crippen LogP contribution in [0.2, 0.25) is 0 Å². The number of carbonyl (C=O) groups is 1. The average molecular weight is 290 g/mol. The summed E-state index contributed by atoms with van der Waals surface area (Å²) in [4.78, 5) is 12.0. The Balaban J connectivity index is 2.08. The molecule has 0 radical (unpaired) electrons. The number of hydrogen-bond acceptors (Lipinski definition) is 5. The maximum absolute atomic E-state index is 12.0. The second-order valence-corrected chi connectivity index (χ2v) is 4.64. The lowest BCUT2D eigenvalue weighted by molar-refractivity contribution is 0.0954. The Bertz CT molecular complexity index is 587. The predicted molar refractivity (Wildman–Crippen MR) is 78.9 cm³/mol. The molecule has 2 rings (SSSR count). The van der Waals surface area contributed by atoms with Crippen molar-refractivity contribution >= 4 is 23.5 Å². The normalized spacial score (nSPS) is 10.5. The largest absolute Gasteiger partial charge is 0.497 e. The van der Waals surface area contributed by atoms with Gasteiger partial charge in [0.25, 0.3) is 5.91 Å². The van der Waals surface area contributed by atoms with E-state index in [0.29, 0.717) is 17.1 Å². The van der Waals surface area contributed by atoms with Crippen molar-refractivity contribution in [1.82, 2.24) is 5.43 Å². The second-order valence-electron chi connectivity index (χ2n) is 3.86. The Hall–Kier alpha value is -2.34. The molecule has 0 saturated carbocycles. The van der Waals surface area contributed by atoms with E-state index in [4.69, 9.17) is 9.47 Å². The monoisotopic (exact) mass is 290 g/mol. The van der Waals surface area contributed by atoms with Gasteiger partial charge in [-0.3, -0.25) is 4.79 Å². The molecule has 0 fully saturated rings. The van der Waals surface area contributed by atoms with E-state index < -0.39 is 0 Å². The Morgan fingerprint density at radius 3 is 2.50 bits per heavy atom. The van der Waals surface area contributed by atoms with Gasteiger partial charge in [0.05, 0.1) is 20.4 Å². The molecule has 0 aliphatic rings. The molecule has 0 spiro atoms. The van der Waals surface area contributed by atoms with Crippen LogP contribution in [0, 0.1) is 0 Å². The quantitative estimate of drug-likeness (QED) is 0.680. The zero-order valence-corrected chi connectivity index (χ0v) is 11.9. The minimum absolute atomic E-state index is 0.325. The summed E-state index contributed by atoms with van der Waals surface area (Å²) in [6.45, 7) is 0. The summed E-state index contributed by atoms with van der Waals surface area (Å²) < 4.78 is 10.2. The summed E-state index contributed by atoms with van der Waals surface area (Å²) in [5.74, 6) is 0.779. The maximum atomic E-state index is 12.0. The fraction of sp³-hybridized carbons (Fsp3) is 0.143. The minimum Gasteiger partial charge on any atom is -0.497 e. The molecule has 5 nitrogen and oxygen atoms in total. The van der Waals surface area contributed by atoms with Crippen molar-refractivity contribution in [3.63, 3.8) is 0 Å². The molecule has 0 saturated heterocycles. The van der Waals surface area contributed by atoms with Crippen LogP contribution in [-0.2, 0) is 0 Å². The van der Waals surface area contributed by atoms with Crippen molar-refractivity contribution in [3.8, 4) is 11.5 Å². The van der Waals surface area contributed by atoms with Crippen LogP contribution in [0.5, 0.6) is 11.5 Å². The summed E-state index contributed by atoms with van der Waals surface area (Å²) >= 11 is 1.57. The van der Waals surface area contributed by atoms with Gasteiger partial charge in [-0.1, -0.05) is 0 Å². The Morgan fingerprint density at radius 2 is 1.95 bits per heavy atom. The highest BCUT2D eigenvalue weighted by atomic mass is 32.1. The van der Waals surface area contributed by atoms with Crippen LogP contribution in [0.1, 0.15) is 15.9 Å². The lowest BCUT2D eigenvalue weighted by Crippen LogP contribution is -2.17. The van der Waals surface area contributed by atoms with Crippen LogP contribution in [0.15, 0.2) is 40.1 Å². The molecule has 6 heteroatoms. The molecular weight excluding hydrogens is 276 g/mol. The SMILES string of the molecule is COc1cc(OC)cc(C(=O)N/N=C/c2ccsc2)c1. The Morgan fingerprint density at radius 1 is 1.25 bits per heavy atom. The lowest BCUT2D eigenvalue weighted by atomic mass is 10.2. The number of hydrogen-bond donors (Lipinski definition) is 1. The Kier molecular flexibility index (Phi) is 4.73. The number of hydrazone groups is 1. The van der Waals surface area contributed by atoms with Gasteiger partial charge < -0.3 is 9.47 Å². The van der Waals surface area contributed by atoms with E-state index in [0.717, 1.165) is 5.56 Å².